The number of carbonyl (C=O) groups is 1. The molecule has 1 saturated heterocycles. The zero-order valence-corrected chi connectivity index (χ0v) is 14.1. The minimum atomic E-state index is -0.0925. The second-order valence-corrected chi connectivity index (χ2v) is 6.41. The Bertz CT molecular complexity index is 855. The van der Waals surface area contributed by atoms with E-state index in [2.05, 4.69) is 30.4 Å². The third kappa shape index (κ3) is 3.31. The number of fused-ring (bicyclic) bond motifs is 1. The van der Waals surface area contributed by atoms with Crippen molar-refractivity contribution in [3.8, 4) is 0 Å². The number of carbonyl (C=O) groups excluding carboxylic acids is 1. The lowest BCUT2D eigenvalue weighted by Crippen LogP contribution is -2.41. The van der Waals surface area contributed by atoms with Crippen LogP contribution in [-0.4, -0.2) is 39.2 Å². The van der Waals surface area contributed by atoms with Crippen LogP contribution in [0.4, 0.5) is 11.8 Å². The van der Waals surface area contributed by atoms with Crippen LogP contribution in [0.15, 0.2) is 36.4 Å². The molecule has 1 amide bonds. The zero-order valence-electron chi connectivity index (χ0n) is 14.1. The van der Waals surface area contributed by atoms with Crippen LogP contribution in [0.5, 0.6) is 0 Å². The molecule has 1 aliphatic rings. The molecule has 1 aromatic carbocycles. The van der Waals surface area contributed by atoms with Gasteiger partial charge in [-0.25, -0.2) is 4.98 Å². The first-order chi connectivity index (χ1) is 12.2. The highest BCUT2D eigenvalue weighted by molar-refractivity contribution is 5.93. The molecule has 1 aliphatic heterocycles. The van der Waals surface area contributed by atoms with Gasteiger partial charge in [0, 0.05) is 13.1 Å². The number of anilines is 2. The first-order valence-electron chi connectivity index (χ1n) is 8.50. The topological polar surface area (TPSA) is 86.8 Å². The van der Waals surface area contributed by atoms with Gasteiger partial charge >= 0.3 is 0 Å². The van der Waals surface area contributed by atoms with Gasteiger partial charge in [-0.15, -0.1) is 5.10 Å². The number of imidazole rings is 1. The van der Waals surface area contributed by atoms with Gasteiger partial charge in [-0.3, -0.25) is 10.1 Å². The average Bonchev–Trinajstić information content (AvgIpc) is 3.04. The minimum absolute atomic E-state index is 0.0103. The number of aromatic amines is 1. The Labute approximate surface area is 145 Å². The Kier molecular flexibility index (Phi) is 4.05. The standard InChI is InChI=1S/C18H20N6O/c1-12-8-9-16(23-22-12)24-10-4-5-13(11-24)17(25)21-18-19-14-6-2-3-7-15(14)20-18/h2-3,6-9,13H,4-5,10-11H2,1H3,(H2,19,20,21,25). The summed E-state index contributed by atoms with van der Waals surface area (Å²) in [5.41, 5.74) is 2.65. The van der Waals surface area contributed by atoms with Crippen LogP contribution in [-0.2, 0) is 4.79 Å². The zero-order chi connectivity index (χ0) is 17.2. The number of nitrogens with one attached hydrogen (secondary N) is 2. The van der Waals surface area contributed by atoms with Crippen molar-refractivity contribution in [1.29, 1.82) is 0 Å². The Morgan fingerprint density at radius 1 is 1.24 bits per heavy atom. The van der Waals surface area contributed by atoms with Gasteiger partial charge in [-0.1, -0.05) is 12.1 Å². The number of rotatable bonds is 3. The Balaban J connectivity index is 1.45. The maximum atomic E-state index is 12.6. The summed E-state index contributed by atoms with van der Waals surface area (Å²) in [7, 11) is 0. The fourth-order valence-corrected chi connectivity index (χ4v) is 3.19. The smallest absolute Gasteiger partial charge is 0.231 e. The van der Waals surface area contributed by atoms with E-state index in [-0.39, 0.29) is 11.8 Å². The molecule has 1 atom stereocenters. The van der Waals surface area contributed by atoms with Gasteiger partial charge in [0.05, 0.1) is 22.6 Å². The molecular formula is C18H20N6O. The van der Waals surface area contributed by atoms with Crippen molar-refractivity contribution in [2.75, 3.05) is 23.3 Å². The van der Waals surface area contributed by atoms with Crippen LogP contribution in [0.2, 0.25) is 0 Å². The van der Waals surface area contributed by atoms with Gasteiger partial charge in [-0.05, 0) is 44.0 Å². The normalized spacial score (nSPS) is 17.6. The number of para-hydroxylation sites is 2. The predicted octanol–water partition coefficient (Wildman–Crippen LogP) is 2.52. The number of aryl methyl sites for hydroxylation is 1. The summed E-state index contributed by atoms with van der Waals surface area (Å²) in [4.78, 5) is 22.3. The quantitative estimate of drug-likeness (QED) is 0.767. The van der Waals surface area contributed by atoms with Crippen LogP contribution < -0.4 is 10.2 Å². The molecule has 0 saturated carbocycles. The molecular weight excluding hydrogens is 316 g/mol. The van der Waals surface area contributed by atoms with Crippen molar-refractivity contribution < 1.29 is 4.79 Å². The summed E-state index contributed by atoms with van der Waals surface area (Å²) in [5.74, 6) is 1.22. The summed E-state index contributed by atoms with van der Waals surface area (Å²) in [6.45, 7) is 3.45. The second-order valence-electron chi connectivity index (χ2n) is 6.41. The maximum absolute atomic E-state index is 12.6. The van der Waals surface area contributed by atoms with E-state index in [1.807, 2.05) is 43.3 Å². The number of benzene rings is 1. The molecule has 3 heterocycles. The number of aromatic nitrogens is 4. The summed E-state index contributed by atoms with van der Waals surface area (Å²) >= 11 is 0. The van der Waals surface area contributed by atoms with Gasteiger partial charge in [0.15, 0.2) is 5.82 Å². The molecule has 2 N–H and O–H groups in total. The molecule has 0 spiro atoms. The second kappa shape index (κ2) is 6.51. The lowest BCUT2D eigenvalue weighted by molar-refractivity contribution is -0.120. The molecule has 0 aliphatic carbocycles. The van der Waals surface area contributed by atoms with Crippen molar-refractivity contribution in [2.24, 2.45) is 5.92 Å². The number of nitrogens with zero attached hydrogens (tertiary/aromatic N) is 4. The van der Waals surface area contributed by atoms with E-state index >= 15 is 0 Å². The Morgan fingerprint density at radius 3 is 2.92 bits per heavy atom. The number of amides is 1. The summed E-state index contributed by atoms with van der Waals surface area (Å²) in [5, 5.41) is 11.3. The van der Waals surface area contributed by atoms with Crippen LogP contribution in [0.1, 0.15) is 18.5 Å². The van der Waals surface area contributed by atoms with E-state index in [4.69, 9.17) is 0 Å². The molecule has 2 aromatic heterocycles. The molecule has 1 fully saturated rings. The maximum Gasteiger partial charge on any atom is 0.231 e. The first-order valence-corrected chi connectivity index (χ1v) is 8.50. The fraction of sp³-hybridized carbons (Fsp3) is 0.333. The third-order valence-electron chi connectivity index (χ3n) is 4.53. The van der Waals surface area contributed by atoms with Crippen LogP contribution >= 0.6 is 0 Å². The summed E-state index contributed by atoms with van der Waals surface area (Å²) < 4.78 is 0. The number of hydrogen-bond donors (Lipinski definition) is 2. The average molecular weight is 336 g/mol. The SMILES string of the molecule is Cc1ccc(N2CCCC(C(=O)Nc3nc4ccccc4[nH]3)C2)nn1. The number of hydrogen-bond acceptors (Lipinski definition) is 5. The van der Waals surface area contributed by atoms with Crippen molar-refractivity contribution in [1.82, 2.24) is 20.2 Å². The van der Waals surface area contributed by atoms with Crippen molar-refractivity contribution >= 4 is 28.7 Å². The van der Waals surface area contributed by atoms with E-state index in [0.717, 1.165) is 41.9 Å². The number of piperidine rings is 1. The number of H-pyrrole nitrogens is 1. The minimum Gasteiger partial charge on any atom is -0.354 e. The molecule has 7 nitrogen and oxygen atoms in total. The van der Waals surface area contributed by atoms with E-state index in [9.17, 15) is 4.79 Å². The van der Waals surface area contributed by atoms with Crippen molar-refractivity contribution in [2.45, 2.75) is 19.8 Å². The van der Waals surface area contributed by atoms with Crippen LogP contribution in [0, 0.1) is 12.8 Å². The van der Waals surface area contributed by atoms with Gasteiger partial charge < -0.3 is 9.88 Å². The first kappa shape index (κ1) is 15.6. The highest BCUT2D eigenvalue weighted by Crippen LogP contribution is 2.22. The van der Waals surface area contributed by atoms with Crippen LogP contribution in [0.3, 0.4) is 0 Å². The van der Waals surface area contributed by atoms with E-state index in [1.54, 1.807) is 0 Å². The Hall–Kier alpha value is -2.96. The lowest BCUT2D eigenvalue weighted by Gasteiger charge is -2.32. The van der Waals surface area contributed by atoms with Crippen molar-refractivity contribution in [3.63, 3.8) is 0 Å². The molecule has 0 bridgehead atoms. The summed E-state index contributed by atoms with van der Waals surface area (Å²) in [6, 6.07) is 11.6. The predicted molar refractivity (Wildman–Crippen MR) is 96.4 cm³/mol. The van der Waals surface area contributed by atoms with Gasteiger partial charge in [0.25, 0.3) is 0 Å². The monoisotopic (exact) mass is 336 g/mol. The molecule has 25 heavy (non-hydrogen) atoms. The largest absolute Gasteiger partial charge is 0.354 e. The highest BCUT2D eigenvalue weighted by atomic mass is 16.2. The molecule has 3 aromatic rings. The van der Waals surface area contributed by atoms with Gasteiger partial charge in [0.1, 0.15) is 0 Å². The van der Waals surface area contributed by atoms with E-state index in [1.165, 1.54) is 0 Å². The van der Waals surface area contributed by atoms with E-state index < -0.39 is 0 Å². The highest BCUT2D eigenvalue weighted by Gasteiger charge is 2.27. The van der Waals surface area contributed by atoms with E-state index in [0.29, 0.717) is 12.5 Å². The van der Waals surface area contributed by atoms with Crippen molar-refractivity contribution in [3.05, 3.63) is 42.1 Å². The fourth-order valence-electron chi connectivity index (χ4n) is 3.19. The molecule has 128 valence electrons. The van der Waals surface area contributed by atoms with Gasteiger partial charge in [-0.2, -0.15) is 5.10 Å². The molecule has 7 heteroatoms. The molecule has 1 unspecified atom stereocenters. The Morgan fingerprint density at radius 2 is 2.12 bits per heavy atom. The van der Waals surface area contributed by atoms with Crippen LogP contribution in [0.25, 0.3) is 11.0 Å². The summed E-state index contributed by atoms with van der Waals surface area (Å²) in [6.07, 6.45) is 1.82. The molecule has 0 radical (unpaired) electrons. The lowest BCUT2D eigenvalue weighted by atomic mass is 9.97. The van der Waals surface area contributed by atoms with Gasteiger partial charge in [0.2, 0.25) is 11.9 Å². The third-order valence-corrected chi connectivity index (χ3v) is 4.53. The molecule has 4 rings (SSSR count).